The van der Waals surface area contributed by atoms with Crippen LogP contribution in [0, 0.1) is 0 Å². The second-order valence-electron chi connectivity index (χ2n) is 7.26. The van der Waals surface area contributed by atoms with Crippen LogP contribution in [0.15, 0.2) is 60.8 Å². The Kier molecular flexibility index (Phi) is 5.24. The maximum atomic E-state index is 13.8. The number of nitrogens with zero attached hydrogens (tertiary/aromatic N) is 2. The van der Waals surface area contributed by atoms with E-state index in [2.05, 4.69) is 15.6 Å². The lowest BCUT2D eigenvalue weighted by atomic mass is 9.97. The molecule has 2 aromatic carbocycles. The number of alkyl halides is 3. The van der Waals surface area contributed by atoms with E-state index in [9.17, 15) is 18.0 Å². The Labute approximate surface area is 171 Å². The van der Waals surface area contributed by atoms with E-state index in [1.54, 1.807) is 36.4 Å². The van der Waals surface area contributed by atoms with E-state index in [1.807, 2.05) is 25.1 Å². The van der Waals surface area contributed by atoms with Gasteiger partial charge in [0.15, 0.2) is 0 Å². The van der Waals surface area contributed by atoms with E-state index < -0.39 is 24.2 Å². The summed E-state index contributed by atoms with van der Waals surface area (Å²) in [6.07, 6.45) is -2.61. The predicted molar refractivity (Wildman–Crippen MR) is 109 cm³/mol. The van der Waals surface area contributed by atoms with Crippen LogP contribution in [-0.4, -0.2) is 21.6 Å². The lowest BCUT2D eigenvalue weighted by Gasteiger charge is -2.33. The van der Waals surface area contributed by atoms with E-state index in [1.165, 1.54) is 0 Å². The summed E-state index contributed by atoms with van der Waals surface area (Å²) in [5.41, 5.74) is 2.35. The molecule has 1 aliphatic rings. The van der Waals surface area contributed by atoms with Gasteiger partial charge in [0.05, 0.1) is 6.04 Å². The number of anilines is 2. The first-order valence-electron chi connectivity index (χ1n) is 9.72. The van der Waals surface area contributed by atoms with Crippen molar-refractivity contribution < 1.29 is 18.0 Å². The molecule has 0 unspecified atom stereocenters. The van der Waals surface area contributed by atoms with Crippen molar-refractivity contribution >= 4 is 17.5 Å². The number of aromatic nitrogens is 2. The molecule has 8 heteroatoms. The molecule has 2 N–H and O–H groups in total. The molecule has 1 amide bonds. The Morgan fingerprint density at radius 1 is 1.17 bits per heavy atom. The summed E-state index contributed by atoms with van der Waals surface area (Å²) in [5, 5.41) is 5.73. The van der Waals surface area contributed by atoms with Gasteiger partial charge in [-0.1, -0.05) is 49.4 Å². The Balaban J connectivity index is 1.61. The zero-order valence-corrected chi connectivity index (χ0v) is 16.3. The molecular weight excluding hydrogens is 393 g/mol. The van der Waals surface area contributed by atoms with Crippen LogP contribution in [0.3, 0.4) is 0 Å². The molecule has 0 spiro atoms. The Bertz CT molecular complexity index is 1030. The maximum absolute atomic E-state index is 13.8. The lowest BCUT2D eigenvalue weighted by molar-refractivity contribution is -0.171. The third-order valence-electron chi connectivity index (χ3n) is 5.26. The van der Waals surface area contributed by atoms with Crippen LogP contribution < -0.4 is 10.6 Å². The highest BCUT2D eigenvalue weighted by Gasteiger charge is 2.46. The summed E-state index contributed by atoms with van der Waals surface area (Å²) in [6.45, 7) is 2.02. The molecule has 1 aliphatic heterocycles. The quantitative estimate of drug-likeness (QED) is 0.604. The van der Waals surface area contributed by atoms with Gasteiger partial charge in [-0.05, 0) is 29.7 Å². The van der Waals surface area contributed by atoms with Crippen LogP contribution in [0.5, 0.6) is 0 Å². The number of carbonyl (C=O) groups excluding carboxylic acids is 1. The first-order valence-corrected chi connectivity index (χ1v) is 9.72. The van der Waals surface area contributed by atoms with E-state index in [4.69, 9.17) is 0 Å². The highest BCUT2D eigenvalue weighted by molar-refractivity contribution is 6.03. The number of carbonyl (C=O) groups is 1. The van der Waals surface area contributed by atoms with Crippen LogP contribution in [0.1, 0.15) is 47.0 Å². The molecule has 2 atom stereocenters. The number of halogens is 3. The van der Waals surface area contributed by atoms with Crippen molar-refractivity contribution in [1.29, 1.82) is 0 Å². The van der Waals surface area contributed by atoms with Gasteiger partial charge in [0, 0.05) is 18.3 Å². The molecule has 0 saturated heterocycles. The molecule has 2 heterocycles. The molecule has 4 rings (SSSR count). The van der Waals surface area contributed by atoms with Crippen molar-refractivity contribution in [3.05, 3.63) is 77.6 Å². The zero-order chi connectivity index (χ0) is 21.3. The number of amides is 1. The lowest BCUT2D eigenvalue weighted by Crippen LogP contribution is -2.34. The van der Waals surface area contributed by atoms with Gasteiger partial charge in [0.25, 0.3) is 5.91 Å². The van der Waals surface area contributed by atoms with Gasteiger partial charge in [0.2, 0.25) is 5.95 Å². The Morgan fingerprint density at radius 2 is 1.87 bits per heavy atom. The number of benzene rings is 2. The highest BCUT2D eigenvalue weighted by Crippen LogP contribution is 2.43. The van der Waals surface area contributed by atoms with Crippen molar-refractivity contribution in [3.8, 4) is 0 Å². The van der Waals surface area contributed by atoms with Crippen LogP contribution in [0.25, 0.3) is 0 Å². The van der Waals surface area contributed by atoms with Gasteiger partial charge >= 0.3 is 6.18 Å². The summed E-state index contributed by atoms with van der Waals surface area (Å²) >= 11 is 0. The fourth-order valence-corrected chi connectivity index (χ4v) is 3.61. The Hall–Kier alpha value is -3.29. The average Bonchev–Trinajstić information content (AvgIpc) is 3.18. The number of hydrogen-bond acceptors (Lipinski definition) is 3. The standard InChI is InChI=1S/C22H21F3N4O/c1-2-14-8-10-16(11-9-14)26-20(30)18-13-29-19(22(23,24)25)12-17(27-21(29)28-18)15-6-4-3-5-7-15/h3-11,13,17,19H,2,12H2,1H3,(H,26,30)(H,27,28)/t17-,19+/m1/s1. The summed E-state index contributed by atoms with van der Waals surface area (Å²) in [5.74, 6) is -0.524. The average molecular weight is 414 g/mol. The van der Waals surface area contributed by atoms with Crippen molar-refractivity contribution in [3.63, 3.8) is 0 Å². The maximum Gasteiger partial charge on any atom is 0.409 e. The molecule has 156 valence electrons. The fraction of sp³-hybridized carbons (Fsp3) is 0.273. The first kappa shape index (κ1) is 20.0. The number of aryl methyl sites for hydroxylation is 1. The molecule has 1 aromatic heterocycles. The number of imidazole rings is 1. The minimum atomic E-state index is -4.46. The van der Waals surface area contributed by atoms with Crippen LogP contribution in [0.2, 0.25) is 0 Å². The van der Waals surface area contributed by atoms with Crippen molar-refractivity contribution in [1.82, 2.24) is 9.55 Å². The summed E-state index contributed by atoms with van der Waals surface area (Å²) in [4.78, 5) is 16.8. The Morgan fingerprint density at radius 3 is 2.50 bits per heavy atom. The first-order chi connectivity index (χ1) is 14.3. The third-order valence-corrected chi connectivity index (χ3v) is 5.26. The van der Waals surface area contributed by atoms with Crippen molar-refractivity contribution in [2.75, 3.05) is 10.6 Å². The molecule has 0 radical (unpaired) electrons. The third kappa shape index (κ3) is 4.03. The number of nitrogens with one attached hydrogen (secondary N) is 2. The van der Waals surface area contributed by atoms with E-state index in [0.717, 1.165) is 28.3 Å². The summed E-state index contributed by atoms with van der Waals surface area (Å²) < 4.78 is 42.3. The van der Waals surface area contributed by atoms with Gasteiger partial charge in [0.1, 0.15) is 11.7 Å². The van der Waals surface area contributed by atoms with Crippen molar-refractivity contribution in [2.24, 2.45) is 0 Å². The minimum absolute atomic E-state index is 0.0314. The topological polar surface area (TPSA) is 59.0 Å². The fourth-order valence-electron chi connectivity index (χ4n) is 3.61. The smallest absolute Gasteiger partial charge is 0.349 e. The summed E-state index contributed by atoms with van der Waals surface area (Å²) in [7, 11) is 0. The number of rotatable bonds is 4. The molecule has 0 fully saturated rings. The van der Waals surface area contributed by atoms with Gasteiger partial charge < -0.3 is 15.2 Å². The molecule has 0 bridgehead atoms. The zero-order valence-electron chi connectivity index (χ0n) is 16.3. The molecular formula is C22H21F3N4O. The molecule has 0 saturated carbocycles. The van der Waals surface area contributed by atoms with E-state index >= 15 is 0 Å². The second kappa shape index (κ2) is 7.85. The van der Waals surface area contributed by atoms with Gasteiger partial charge in [-0.3, -0.25) is 4.79 Å². The molecule has 0 aliphatic carbocycles. The van der Waals surface area contributed by atoms with Crippen molar-refractivity contribution in [2.45, 2.75) is 38.0 Å². The monoisotopic (exact) mass is 414 g/mol. The SMILES string of the molecule is CCc1ccc(NC(=O)c2cn3c(n2)N[C@@H](c2ccccc2)C[C@H]3C(F)(F)F)cc1. The molecule has 30 heavy (non-hydrogen) atoms. The predicted octanol–water partition coefficient (Wildman–Crippen LogP) is 5.36. The molecule has 3 aromatic rings. The minimum Gasteiger partial charge on any atom is -0.349 e. The van der Waals surface area contributed by atoms with Gasteiger partial charge in [-0.2, -0.15) is 13.2 Å². The van der Waals surface area contributed by atoms with Crippen LogP contribution >= 0.6 is 0 Å². The van der Waals surface area contributed by atoms with E-state index in [-0.39, 0.29) is 18.1 Å². The highest BCUT2D eigenvalue weighted by atomic mass is 19.4. The van der Waals surface area contributed by atoms with Gasteiger partial charge in [-0.15, -0.1) is 0 Å². The number of hydrogen-bond donors (Lipinski definition) is 2. The van der Waals surface area contributed by atoms with Gasteiger partial charge in [-0.25, -0.2) is 4.98 Å². The number of fused-ring (bicyclic) bond motifs is 1. The molecule has 5 nitrogen and oxygen atoms in total. The van der Waals surface area contributed by atoms with Crippen LogP contribution in [0.4, 0.5) is 24.8 Å². The van der Waals surface area contributed by atoms with E-state index in [0.29, 0.717) is 5.69 Å². The normalized spacial score (nSPS) is 18.4. The van der Waals surface area contributed by atoms with Crippen LogP contribution in [-0.2, 0) is 6.42 Å². The summed E-state index contributed by atoms with van der Waals surface area (Å²) in [6, 6.07) is 13.9. The largest absolute Gasteiger partial charge is 0.409 e. The second-order valence-corrected chi connectivity index (χ2v) is 7.26.